The van der Waals surface area contributed by atoms with Gasteiger partial charge in [0.25, 0.3) is 0 Å². The predicted molar refractivity (Wildman–Crippen MR) is 103 cm³/mol. The average Bonchev–Trinajstić information content (AvgIpc) is 3.28. The fraction of sp³-hybridized carbons (Fsp3) is 0.500. The molecule has 1 aromatic heterocycles. The number of likely N-dealkylation sites (N-methyl/N-ethyl adjacent to an activating group) is 1. The third-order valence-electron chi connectivity index (χ3n) is 4.97. The molecule has 1 aliphatic rings. The van der Waals surface area contributed by atoms with Crippen LogP contribution in [-0.4, -0.2) is 53.3 Å². The van der Waals surface area contributed by atoms with Crippen molar-refractivity contribution in [1.29, 1.82) is 0 Å². The number of benzene rings is 1. The van der Waals surface area contributed by atoms with E-state index in [0.29, 0.717) is 18.9 Å². The number of carbonyl (C=O) groups excluding carboxylic acids is 1. The minimum absolute atomic E-state index is 0.0610. The molecule has 1 aromatic carbocycles. The zero-order valence-electron chi connectivity index (χ0n) is 15.2. The quantitative estimate of drug-likeness (QED) is 0.673. The Labute approximate surface area is 158 Å². The van der Waals surface area contributed by atoms with E-state index in [1.807, 2.05) is 30.8 Å². The zero-order chi connectivity index (χ0) is 18.4. The third-order valence-corrected chi connectivity index (χ3v) is 5.73. The Morgan fingerprint density at radius 2 is 2.19 bits per heavy atom. The molecule has 6 heteroatoms. The van der Waals surface area contributed by atoms with E-state index in [4.69, 9.17) is 0 Å². The molecular weight excluding hydrogens is 349 g/mol. The lowest BCUT2D eigenvalue weighted by Gasteiger charge is -2.24. The Morgan fingerprint density at radius 3 is 2.85 bits per heavy atom. The van der Waals surface area contributed by atoms with E-state index in [-0.39, 0.29) is 11.9 Å². The maximum atomic E-state index is 13.0. The van der Waals surface area contributed by atoms with E-state index < -0.39 is 0 Å². The SMILES string of the molecule is CN1CCC[C@H]1C(=O)CN(CCCc1ccc(F)cc1)Cc1nccs1. The highest BCUT2D eigenvalue weighted by molar-refractivity contribution is 7.09. The first-order valence-electron chi connectivity index (χ1n) is 9.20. The Hall–Kier alpha value is -1.63. The monoisotopic (exact) mass is 375 g/mol. The summed E-state index contributed by atoms with van der Waals surface area (Å²) in [7, 11) is 2.04. The number of hydrogen-bond acceptors (Lipinski definition) is 5. The van der Waals surface area contributed by atoms with Crippen LogP contribution in [0.2, 0.25) is 0 Å². The number of aromatic nitrogens is 1. The van der Waals surface area contributed by atoms with Gasteiger partial charge >= 0.3 is 0 Å². The number of Topliss-reactive ketones (excluding diaryl/α,β-unsaturated/α-hetero) is 1. The molecule has 0 saturated carbocycles. The third kappa shape index (κ3) is 5.43. The molecule has 3 rings (SSSR count). The largest absolute Gasteiger partial charge is 0.297 e. The van der Waals surface area contributed by atoms with Gasteiger partial charge in [-0.3, -0.25) is 14.6 Å². The number of thiazole rings is 1. The van der Waals surface area contributed by atoms with Crippen molar-refractivity contribution in [3.05, 3.63) is 52.2 Å². The second-order valence-electron chi connectivity index (χ2n) is 6.97. The molecule has 140 valence electrons. The van der Waals surface area contributed by atoms with Gasteiger partial charge in [0.15, 0.2) is 5.78 Å². The van der Waals surface area contributed by atoms with E-state index >= 15 is 0 Å². The molecule has 4 nitrogen and oxygen atoms in total. The molecule has 26 heavy (non-hydrogen) atoms. The first-order chi connectivity index (χ1) is 12.6. The Kier molecular flexibility index (Phi) is 6.88. The van der Waals surface area contributed by atoms with Gasteiger partial charge in [0.2, 0.25) is 0 Å². The Morgan fingerprint density at radius 1 is 1.38 bits per heavy atom. The fourth-order valence-corrected chi connectivity index (χ4v) is 4.19. The molecule has 0 unspecified atom stereocenters. The molecule has 0 spiro atoms. The van der Waals surface area contributed by atoms with Crippen molar-refractivity contribution >= 4 is 17.1 Å². The van der Waals surface area contributed by atoms with Gasteiger partial charge in [0.1, 0.15) is 10.8 Å². The van der Waals surface area contributed by atoms with Gasteiger partial charge in [0, 0.05) is 11.6 Å². The molecule has 1 saturated heterocycles. The lowest BCUT2D eigenvalue weighted by atomic mass is 10.1. The Bertz CT molecular complexity index is 690. The van der Waals surface area contributed by atoms with Crippen molar-refractivity contribution < 1.29 is 9.18 Å². The molecule has 0 aliphatic carbocycles. The molecule has 2 heterocycles. The van der Waals surface area contributed by atoms with Crippen LogP contribution in [-0.2, 0) is 17.8 Å². The topological polar surface area (TPSA) is 36.4 Å². The summed E-state index contributed by atoms with van der Waals surface area (Å²) in [5.74, 6) is 0.105. The minimum atomic E-state index is -0.203. The number of carbonyl (C=O) groups is 1. The summed E-state index contributed by atoms with van der Waals surface area (Å²) in [6.07, 6.45) is 5.69. The number of nitrogens with zero attached hydrogens (tertiary/aromatic N) is 3. The lowest BCUT2D eigenvalue weighted by molar-refractivity contribution is -0.124. The highest BCUT2D eigenvalue weighted by Crippen LogP contribution is 2.17. The van der Waals surface area contributed by atoms with Crippen molar-refractivity contribution in [2.45, 2.75) is 38.3 Å². The number of likely N-dealkylation sites (tertiary alicyclic amines) is 1. The highest BCUT2D eigenvalue weighted by atomic mass is 32.1. The van der Waals surface area contributed by atoms with Crippen LogP contribution in [0, 0.1) is 5.82 Å². The second-order valence-corrected chi connectivity index (χ2v) is 7.95. The maximum absolute atomic E-state index is 13.0. The summed E-state index contributed by atoms with van der Waals surface area (Å²) in [4.78, 5) is 21.5. The summed E-state index contributed by atoms with van der Waals surface area (Å²) in [5.41, 5.74) is 1.13. The molecule has 2 aromatic rings. The Balaban J connectivity index is 1.55. The van der Waals surface area contributed by atoms with Crippen molar-refractivity contribution in [2.75, 3.05) is 26.7 Å². The molecular formula is C20H26FN3OS. The van der Waals surface area contributed by atoms with Crippen molar-refractivity contribution in [1.82, 2.24) is 14.8 Å². The first-order valence-corrected chi connectivity index (χ1v) is 10.1. The van der Waals surface area contributed by atoms with Crippen LogP contribution in [0.5, 0.6) is 0 Å². The molecule has 1 aliphatic heterocycles. The van der Waals surface area contributed by atoms with Crippen LogP contribution in [0.25, 0.3) is 0 Å². The molecule has 1 fully saturated rings. The molecule has 1 atom stereocenters. The first kappa shape index (κ1) is 19.1. The number of halogens is 1. The zero-order valence-corrected chi connectivity index (χ0v) is 16.1. The maximum Gasteiger partial charge on any atom is 0.163 e. The number of ketones is 1. The summed E-state index contributed by atoms with van der Waals surface area (Å²) >= 11 is 1.63. The smallest absolute Gasteiger partial charge is 0.163 e. The van der Waals surface area contributed by atoms with E-state index in [1.165, 1.54) is 12.1 Å². The standard InChI is InChI=1S/C20H26FN3OS/c1-23-11-3-5-18(23)19(25)14-24(15-20-22-10-13-26-20)12-2-4-16-6-8-17(21)9-7-16/h6-10,13,18H,2-5,11-12,14-15H2,1H3/t18-/m0/s1. The second kappa shape index (κ2) is 9.35. The van der Waals surface area contributed by atoms with Crippen LogP contribution in [0.3, 0.4) is 0 Å². The fourth-order valence-electron chi connectivity index (χ4n) is 3.54. The van der Waals surface area contributed by atoms with Gasteiger partial charge in [-0.1, -0.05) is 12.1 Å². The van der Waals surface area contributed by atoms with Gasteiger partial charge in [-0.15, -0.1) is 11.3 Å². The highest BCUT2D eigenvalue weighted by Gasteiger charge is 2.28. The van der Waals surface area contributed by atoms with E-state index in [1.54, 1.807) is 11.3 Å². The van der Waals surface area contributed by atoms with Crippen molar-refractivity contribution in [2.24, 2.45) is 0 Å². The number of hydrogen-bond donors (Lipinski definition) is 0. The summed E-state index contributed by atoms with van der Waals surface area (Å²) < 4.78 is 13.0. The van der Waals surface area contributed by atoms with E-state index in [2.05, 4.69) is 14.8 Å². The number of rotatable bonds is 9. The van der Waals surface area contributed by atoms with Gasteiger partial charge in [0.05, 0.1) is 19.1 Å². The molecule has 0 N–H and O–H groups in total. The predicted octanol–water partition coefficient (Wildman–Crippen LogP) is 3.38. The molecule has 0 bridgehead atoms. The summed E-state index contributed by atoms with van der Waals surface area (Å²) in [6, 6.07) is 6.73. The minimum Gasteiger partial charge on any atom is -0.297 e. The van der Waals surface area contributed by atoms with Crippen LogP contribution in [0.4, 0.5) is 4.39 Å². The average molecular weight is 376 g/mol. The number of aryl methyl sites for hydroxylation is 1. The molecule has 0 amide bonds. The van der Waals surface area contributed by atoms with Gasteiger partial charge < -0.3 is 0 Å². The van der Waals surface area contributed by atoms with Gasteiger partial charge in [-0.2, -0.15) is 0 Å². The van der Waals surface area contributed by atoms with Gasteiger partial charge in [-0.25, -0.2) is 9.37 Å². The van der Waals surface area contributed by atoms with Gasteiger partial charge in [-0.05, 0) is 63.5 Å². The van der Waals surface area contributed by atoms with Crippen molar-refractivity contribution in [3.8, 4) is 0 Å². The van der Waals surface area contributed by atoms with Crippen LogP contribution >= 0.6 is 11.3 Å². The summed E-state index contributed by atoms with van der Waals surface area (Å²) in [5, 5.41) is 3.01. The molecule has 0 radical (unpaired) electrons. The van der Waals surface area contributed by atoms with E-state index in [0.717, 1.165) is 49.3 Å². The lowest BCUT2D eigenvalue weighted by Crippen LogP contribution is -2.40. The van der Waals surface area contributed by atoms with Crippen LogP contribution in [0.15, 0.2) is 35.8 Å². The van der Waals surface area contributed by atoms with Crippen molar-refractivity contribution in [3.63, 3.8) is 0 Å². The van der Waals surface area contributed by atoms with Crippen LogP contribution < -0.4 is 0 Å². The normalized spacial score (nSPS) is 17.9. The van der Waals surface area contributed by atoms with E-state index in [9.17, 15) is 9.18 Å². The summed E-state index contributed by atoms with van der Waals surface area (Å²) in [6.45, 7) is 3.02. The van der Waals surface area contributed by atoms with Crippen LogP contribution in [0.1, 0.15) is 29.8 Å².